The smallest absolute Gasteiger partial charge is 0.329 e. The minimum atomic E-state index is -0.633. The first-order chi connectivity index (χ1) is 12.0. The topological polar surface area (TPSA) is 133 Å². The Labute approximate surface area is 141 Å². The molecule has 0 spiro atoms. The van der Waals surface area contributed by atoms with Gasteiger partial charge >= 0.3 is 5.69 Å². The van der Waals surface area contributed by atoms with E-state index in [4.69, 9.17) is 0 Å². The molecular weight excluding hydrogens is 326 g/mol. The second-order valence-corrected chi connectivity index (χ2v) is 4.97. The lowest BCUT2D eigenvalue weighted by molar-refractivity contribution is -0.384. The van der Waals surface area contributed by atoms with Crippen molar-refractivity contribution in [3.05, 3.63) is 64.8 Å². The number of phenols is 2. The first-order valence-electron chi connectivity index (χ1n) is 7.16. The van der Waals surface area contributed by atoms with Gasteiger partial charge in [0.15, 0.2) is 0 Å². The van der Waals surface area contributed by atoms with Gasteiger partial charge in [-0.05, 0) is 24.3 Å². The zero-order valence-electron chi connectivity index (χ0n) is 12.7. The molecular formula is C16H13N5O4. The highest BCUT2D eigenvalue weighted by molar-refractivity contribution is 5.71. The molecule has 0 radical (unpaired) electrons. The zero-order chi connectivity index (χ0) is 17.8. The van der Waals surface area contributed by atoms with Crippen LogP contribution in [-0.2, 0) is 0 Å². The van der Waals surface area contributed by atoms with Crippen LogP contribution in [0, 0.1) is 10.1 Å². The van der Waals surface area contributed by atoms with Gasteiger partial charge in [-0.2, -0.15) is 4.98 Å². The predicted octanol–water partition coefficient (Wildman–Crippen LogP) is 3.28. The number of phenolic OH excluding ortho intramolecular Hbond substituents is 2. The molecule has 0 fully saturated rings. The van der Waals surface area contributed by atoms with E-state index in [9.17, 15) is 20.3 Å². The molecule has 4 N–H and O–H groups in total. The van der Waals surface area contributed by atoms with Crippen LogP contribution >= 0.6 is 0 Å². The Balaban J connectivity index is 1.96. The van der Waals surface area contributed by atoms with Crippen LogP contribution in [0.25, 0.3) is 0 Å². The van der Waals surface area contributed by atoms with Gasteiger partial charge in [0, 0.05) is 0 Å². The van der Waals surface area contributed by atoms with E-state index in [0.717, 1.165) is 6.20 Å². The summed E-state index contributed by atoms with van der Waals surface area (Å²) in [7, 11) is 0. The van der Waals surface area contributed by atoms with E-state index in [0.29, 0.717) is 5.69 Å². The van der Waals surface area contributed by atoms with Crippen LogP contribution in [0.15, 0.2) is 54.7 Å². The second-order valence-electron chi connectivity index (χ2n) is 4.97. The third kappa shape index (κ3) is 3.55. The molecule has 3 rings (SSSR count). The van der Waals surface area contributed by atoms with Crippen molar-refractivity contribution in [2.24, 2.45) is 0 Å². The van der Waals surface area contributed by atoms with Crippen molar-refractivity contribution < 1.29 is 15.1 Å². The fourth-order valence-electron chi connectivity index (χ4n) is 2.07. The Morgan fingerprint density at radius 2 is 1.48 bits per heavy atom. The molecule has 3 aromatic rings. The van der Waals surface area contributed by atoms with Crippen LogP contribution in [0.5, 0.6) is 11.5 Å². The van der Waals surface area contributed by atoms with Crippen LogP contribution < -0.4 is 10.6 Å². The number of benzene rings is 2. The maximum atomic E-state index is 11.2. The molecule has 2 aromatic carbocycles. The maximum Gasteiger partial charge on any atom is 0.329 e. The fraction of sp³-hybridized carbons (Fsp3) is 0. The highest BCUT2D eigenvalue weighted by Gasteiger charge is 2.19. The number of nitrogens with zero attached hydrogens (tertiary/aromatic N) is 3. The highest BCUT2D eigenvalue weighted by Crippen LogP contribution is 2.31. The molecule has 0 bridgehead atoms. The van der Waals surface area contributed by atoms with E-state index < -0.39 is 4.92 Å². The summed E-state index contributed by atoms with van der Waals surface area (Å²) in [6, 6.07) is 12.7. The Morgan fingerprint density at radius 1 is 0.920 bits per heavy atom. The van der Waals surface area contributed by atoms with E-state index >= 15 is 0 Å². The van der Waals surface area contributed by atoms with E-state index in [1.807, 2.05) is 0 Å². The summed E-state index contributed by atoms with van der Waals surface area (Å²) in [6.45, 7) is 0. The molecule has 0 saturated heterocycles. The van der Waals surface area contributed by atoms with Crippen molar-refractivity contribution in [2.75, 3.05) is 10.6 Å². The third-order valence-corrected chi connectivity index (χ3v) is 3.27. The van der Waals surface area contributed by atoms with E-state index in [1.54, 1.807) is 36.4 Å². The number of anilines is 4. The van der Waals surface area contributed by atoms with Gasteiger partial charge in [0.05, 0.1) is 16.3 Å². The number of rotatable bonds is 5. The fourth-order valence-corrected chi connectivity index (χ4v) is 2.07. The molecule has 1 heterocycles. The number of nitrogens with one attached hydrogen (secondary N) is 2. The van der Waals surface area contributed by atoms with E-state index in [-0.39, 0.29) is 34.6 Å². The minimum Gasteiger partial charge on any atom is -0.506 e. The Hall–Kier alpha value is -3.88. The summed E-state index contributed by atoms with van der Waals surface area (Å²) in [4.78, 5) is 18.5. The van der Waals surface area contributed by atoms with Gasteiger partial charge in [0.2, 0.25) is 11.8 Å². The van der Waals surface area contributed by atoms with Gasteiger partial charge in [0.1, 0.15) is 17.7 Å². The van der Waals surface area contributed by atoms with Gasteiger partial charge in [0.25, 0.3) is 0 Å². The first kappa shape index (κ1) is 16.0. The molecule has 0 aliphatic heterocycles. The second kappa shape index (κ2) is 6.71. The average molecular weight is 339 g/mol. The Bertz CT molecular complexity index is 932. The molecule has 0 atom stereocenters. The first-order valence-corrected chi connectivity index (χ1v) is 7.16. The number of nitro groups is 1. The molecule has 0 aliphatic rings. The van der Waals surface area contributed by atoms with Crippen molar-refractivity contribution in [3.8, 4) is 11.5 Å². The summed E-state index contributed by atoms with van der Waals surface area (Å²) in [6.07, 6.45) is 1.04. The van der Waals surface area contributed by atoms with Gasteiger partial charge < -0.3 is 20.8 Å². The largest absolute Gasteiger partial charge is 0.506 e. The SMILES string of the molecule is O=[N+]([O-])c1cnc(Nc2ccccc2O)nc1Nc1ccccc1O. The molecule has 0 amide bonds. The van der Waals surface area contributed by atoms with Gasteiger partial charge in [-0.25, -0.2) is 4.98 Å². The lowest BCUT2D eigenvalue weighted by Crippen LogP contribution is -2.04. The van der Waals surface area contributed by atoms with Crippen LogP contribution in [0.4, 0.5) is 28.8 Å². The molecule has 0 unspecified atom stereocenters. The van der Waals surface area contributed by atoms with Crippen LogP contribution in [0.3, 0.4) is 0 Å². The summed E-state index contributed by atoms with van der Waals surface area (Å²) >= 11 is 0. The van der Waals surface area contributed by atoms with Gasteiger partial charge in [-0.3, -0.25) is 10.1 Å². The zero-order valence-corrected chi connectivity index (χ0v) is 12.7. The summed E-state index contributed by atoms with van der Waals surface area (Å²) in [5.74, 6) is -0.144. The summed E-state index contributed by atoms with van der Waals surface area (Å²) < 4.78 is 0. The van der Waals surface area contributed by atoms with Crippen molar-refractivity contribution in [1.29, 1.82) is 0 Å². The Kier molecular flexibility index (Phi) is 4.29. The van der Waals surface area contributed by atoms with E-state index in [2.05, 4.69) is 20.6 Å². The lowest BCUT2D eigenvalue weighted by Gasteiger charge is -2.10. The number of aromatic nitrogens is 2. The van der Waals surface area contributed by atoms with Gasteiger partial charge in [-0.1, -0.05) is 24.3 Å². The Morgan fingerprint density at radius 3 is 2.04 bits per heavy atom. The standard InChI is InChI=1S/C16H13N5O4/c22-13-7-3-1-5-10(13)18-15-12(21(24)25)9-17-16(20-15)19-11-6-2-4-8-14(11)23/h1-9,22-23H,(H2,17,18,19,20). The summed E-state index contributed by atoms with van der Waals surface area (Å²) in [5, 5.41) is 36.3. The number of hydrogen-bond acceptors (Lipinski definition) is 8. The lowest BCUT2D eigenvalue weighted by atomic mass is 10.3. The normalized spacial score (nSPS) is 10.2. The monoisotopic (exact) mass is 339 g/mol. The minimum absolute atomic E-state index is 0.0142. The molecule has 0 saturated carbocycles. The molecule has 9 nitrogen and oxygen atoms in total. The quantitative estimate of drug-likeness (QED) is 0.316. The number of hydrogen-bond donors (Lipinski definition) is 4. The van der Waals surface area contributed by atoms with Crippen molar-refractivity contribution in [2.45, 2.75) is 0 Å². The number of para-hydroxylation sites is 4. The molecule has 1 aromatic heterocycles. The molecule has 9 heteroatoms. The van der Waals surface area contributed by atoms with Crippen LogP contribution in [0.1, 0.15) is 0 Å². The highest BCUT2D eigenvalue weighted by atomic mass is 16.6. The predicted molar refractivity (Wildman–Crippen MR) is 91.5 cm³/mol. The molecule has 126 valence electrons. The third-order valence-electron chi connectivity index (χ3n) is 3.27. The van der Waals surface area contributed by atoms with Crippen LogP contribution in [-0.4, -0.2) is 25.1 Å². The molecule has 25 heavy (non-hydrogen) atoms. The van der Waals surface area contributed by atoms with Crippen molar-refractivity contribution >= 4 is 28.8 Å². The van der Waals surface area contributed by atoms with Crippen molar-refractivity contribution in [3.63, 3.8) is 0 Å². The average Bonchev–Trinajstić information content (AvgIpc) is 2.59. The summed E-state index contributed by atoms with van der Waals surface area (Å²) in [5.41, 5.74) is 0.258. The van der Waals surface area contributed by atoms with Crippen molar-refractivity contribution in [1.82, 2.24) is 9.97 Å². The van der Waals surface area contributed by atoms with Gasteiger partial charge in [-0.15, -0.1) is 0 Å². The number of aromatic hydroxyl groups is 2. The van der Waals surface area contributed by atoms with E-state index in [1.165, 1.54) is 12.1 Å². The maximum absolute atomic E-state index is 11.2. The van der Waals surface area contributed by atoms with Crippen LogP contribution in [0.2, 0.25) is 0 Å². The molecule has 0 aliphatic carbocycles.